The Balaban J connectivity index is 1.85. The largest absolute Gasteiger partial charge is 0.370 e. The zero-order chi connectivity index (χ0) is 21.1. The van der Waals surface area contributed by atoms with E-state index >= 15 is 0 Å². The number of hydrogen-bond donors (Lipinski definition) is 3. The highest BCUT2D eigenvalue weighted by Gasteiger charge is 2.74. The predicted octanol–water partition coefficient (Wildman–Crippen LogP) is -0.416. The fourth-order valence-corrected chi connectivity index (χ4v) is 5.15. The van der Waals surface area contributed by atoms with Crippen molar-refractivity contribution in [3.05, 3.63) is 29.6 Å². The van der Waals surface area contributed by atoms with Crippen LogP contribution in [-0.2, 0) is 24.7 Å². The van der Waals surface area contributed by atoms with E-state index in [1.807, 2.05) is 6.92 Å². The lowest BCUT2D eigenvalue weighted by molar-refractivity contribution is -0.734. The molecule has 2 saturated heterocycles. The number of quaternary nitrogens is 1. The molecule has 3 heterocycles. The van der Waals surface area contributed by atoms with E-state index in [-0.39, 0.29) is 24.8 Å². The summed E-state index contributed by atoms with van der Waals surface area (Å²) in [6.45, 7) is 3.66. The number of primary amides is 1. The molecule has 8 nitrogen and oxygen atoms in total. The highest BCUT2D eigenvalue weighted by Crippen LogP contribution is 2.50. The summed E-state index contributed by atoms with van der Waals surface area (Å²) in [5.74, 6) is -3.97. The van der Waals surface area contributed by atoms with Crippen molar-refractivity contribution in [2.45, 2.75) is 50.7 Å². The Morgan fingerprint density at radius 1 is 1.34 bits per heavy atom. The summed E-state index contributed by atoms with van der Waals surface area (Å²) in [7, 11) is 0. The van der Waals surface area contributed by atoms with E-state index in [2.05, 4.69) is 5.32 Å². The number of imide groups is 1. The lowest BCUT2D eigenvalue weighted by atomic mass is 9.76. The van der Waals surface area contributed by atoms with Gasteiger partial charge in [-0.05, 0) is 31.5 Å². The van der Waals surface area contributed by atoms with E-state index < -0.39 is 47.0 Å². The Morgan fingerprint density at radius 2 is 2.07 bits per heavy atom. The fourth-order valence-electron chi connectivity index (χ4n) is 5.15. The van der Waals surface area contributed by atoms with Gasteiger partial charge in [-0.15, -0.1) is 0 Å². The normalized spacial score (nSPS) is 31.2. The first-order valence-electron chi connectivity index (χ1n) is 9.85. The zero-order valence-electron chi connectivity index (χ0n) is 16.3. The Bertz CT molecular complexity index is 935. The molecule has 2 fully saturated rings. The zero-order valence-corrected chi connectivity index (χ0v) is 16.3. The second kappa shape index (κ2) is 6.62. The van der Waals surface area contributed by atoms with Crippen LogP contribution in [0, 0.1) is 17.7 Å². The maximum absolute atomic E-state index is 14.1. The summed E-state index contributed by atoms with van der Waals surface area (Å²) in [6, 6.07) is 3.15. The standard InChI is InChI=1S/C20H23FN4O4/c1-3-9(2)25-17(27)15-13(6-7-14(22)26)24-20(16(15)18(25)28)11-8-10(21)4-5-12(11)23-19(20)29/h4-5,8-9,13,15-16,24H,3,6-7H2,1-2H3,(H2,22,26)(H,23,29)/p+1/t9-,13+,15-,16+,20-/m1/s1. The molecule has 1 spiro atoms. The van der Waals surface area contributed by atoms with E-state index in [0.29, 0.717) is 17.7 Å². The van der Waals surface area contributed by atoms with E-state index in [1.54, 1.807) is 12.2 Å². The third-order valence-corrected chi connectivity index (χ3v) is 6.62. The van der Waals surface area contributed by atoms with Gasteiger partial charge in [0.1, 0.15) is 23.7 Å². The van der Waals surface area contributed by atoms with Gasteiger partial charge in [-0.3, -0.25) is 24.1 Å². The minimum Gasteiger partial charge on any atom is -0.370 e. The molecule has 5 atom stereocenters. The Hall–Kier alpha value is -2.81. The molecule has 9 heteroatoms. The number of nitrogens with zero attached hydrogens (tertiary/aromatic N) is 1. The molecule has 5 N–H and O–H groups in total. The molecule has 1 aromatic carbocycles. The topological polar surface area (TPSA) is 126 Å². The Labute approximate surface area is 167 Å². The van der Waals surface area contributed by atoms with Crippen LogP contribution in [0.3, 0.4) is 0 Å². The van der Waals surface area contributed by atoms with Crippen LogP contribution in [0.1, 0.15) is 38.7 Å². The number of rotatable bonds is 5. The van der Waals surface area contributed by atoms with Crippen molar-refractivity contribution in [1.29, 1.82) is 0 Å². The van der Waals surface area contributed by atoms with E-state index in [9.17, 15) is 23.6 Å². The number of benzene rings is 1. The molecule has 3 aliphatic rings. The van der Waals surface area contributed by atoms with E-state index in [1.165, 1.54) is 23.1 Å². The number of carbonyl (C=O) groups is 4. The molecule has 4 amide bonds. The summed E-state index contributed by atoms with van der Waals surface area (Å²) >= 11 is 0. The molecule has 3 aliphatic heterocycles. The van der Waals surface area contributed by atoms with Crippen LogP contribution < -0.4 is 16.4 Å². The van der Waals surface area contributed by atoms with Crippen molar-refractivity contribution in [3.63, 3.8) is 0 Å². The number of halogens is 1. The monoisotopic (exact) mass is 403 g/mol. The van der Waals surface area contributed by atoms with Crippen LogP contribution in [0.4, 0.5) is 10.1 Å². The molecule has 4 rings (SSSR count). The summed E-state index contributed by atoms with van der Waals surface area (Å²) in [6.07, 6.45) is 0.865. The Kier molecular flexibility index (Phi) is 4.45. The maximum Gasteiger partial charge on any atom is 0.291 e. The molecular formula is C20H24FN4O4+. The quantitative estimate of drug-likeness (QED) is 0.578. The highest BCUT2D eigenvalue weighted by molar-refractivity contribution is 6.14. The number of hydrogen-bond acceptors (Lipinski definition) is 4. The molecular weight excluding hydrogens is 379 g/mol. The highest BCUT2D eigenvalue weighted by atomic mass is 19.1. The number of likely N-dealkylation sites (tertiary alicyclic amines) is 1. The van der Waals surface area contributed by atoms with E-state index in [4.69, 9.17) is 5.73 Å². The lowest BCUT2D eigenvalue weighted by Crippen LogP contribution is -2.99. The summed E-state index contributed by atoms with van der Waals surface area (Å²) in [5.41, 5.74) is 4.66. The number of fused-ring (bicyclic) bond motifs is 4. The number of amides is 4. The van der Waals surface area contributed by atoms with Crippen LogP contribution in [-0.4, -0.2) is 40.6 Å². The summed E-state index contributed by atoms with van der Waals surface area (Å²) < 4.78 is 14.1. The lowest BCUT2D eigenvalue weighted by Gasteiger charge is -2.28. The van der Waals surface area contributed by atoms with Crippen LogP contribution >= 0.6 is 0 Å². The van der Waals surface area contributed by atoms with Gasteiger partial charge in [-0.25, -0.2) is 4.39 Å². The predicted molar refractivity (Wildman–Crippen MR) is 99.4 cm³/mol. The number of carbonyl (C=O) groups excluding carboxylic acids is 4. The SMILES string of the molecule is CC[C@@H](C)N1C(=O)[C@@H]2[C@H](CCC(N)=O)[NH2+][C@@]3(C(=O)Nc4ccc(F)cc43)[C@@H]2C1=O. The van der Waals surface area contributed by atoms with Gasteiger partial charge in [-0.1, -0.05) is 6.92 Å². The van der Waals surface area contributed by atoms with Crippen molar-refractivity contribution in [3.8, 4) is 0 Å². The third-order valence-electron chi connectivity index (χ3n) is 6.62. The molecule has 0 aliphatic carbocycles. The molecule has 1 aromatic rings. The molecule has 0 saturated carbocycles. The average Bonchev–Trinajstić information content (AvgIpc) is 3.25. The van der Waals surface area contributed by atoms with Crippen LogP contribution in [0.5, 0.6) is 0 Å². The van der Waals surface area contributed by atoms with Crippen molar-refractivity contribution in [1.82, 2.24) is 4.90 Å². The van der Waals surface area contributed by atoms with Gasteiger partial charge in [0.2, 0.25) is 23.3 Å². The molecule has 154 valence electrons. The van der Waals surface area contributed by atoms with Gasteiger partial charge in [0.05, 0.1) is 5.69 Å². The van der Waals surface area contributed by atoms with Crippen molar-refractivity contribution >= 4 is 29.3 Å². The van der Waals surface area contributed by atoms with E-state index in [0.717, 1.165) is 0 Å². The van der Waals surface area contributed by atoms with Gasteiger partial charge in [-0.2, -0.15) is 0 Å². The number of nitrogens with two attached hydrogens (primary N) is 2. The molecule has 0 bridgehead atoms. The number of nitrogens with one attached hydrogen (secondary N) is 1. The smallest absolute Gasteiger partial charge is 0.291 e. The molecule has 0 radical (unpaired) electrons. The summed E-state index contributed by atoms with van der Waals surface area (Å²) in [4.78, 5) is 52.4. The van der Waals surface area contributed by atoms with Crippen molar-refractivity contribution < 1.29 is 28.9 Å². The maximum atomic E-state index is 14.1. The first kappa shape index (κ1) is 19.5. The van der Waals surface area contributed by atoms with Gasteiger partial charge in [0, 0.05) is 24.4 Å². The van der Waals surface area contributed by atoms with Crippen molar-refractivity contribution in [2.24, 2.45) is 17.6 Å². The van der Waals surface area contributed by atoms with Gasteiger partial charge < -0.3 is 16.4 Å². The van der Waals surface area contributed by atoms with Gasteiger partial charge in [0.25, 0.3) is 5.91 Å². The Morgan fingerprint density at radius 3 is 2.72 bits per heavy atom. The molecule has 0 aromatic heterocycles. The number of anilines is 1. The van der Waals surface area contributed by atoms with Crippen LogP contribution in [0.25, 0.3) is 0 Å². The second-order valence-corrected chi connectivity index (χ2v) is 8.16. The molecule has 0 unspecified atom stereocenters. The average molecular weight is 403 g/mol. The van der Waals surface area contributed by atoms with Crippen LogP contribution in [0.15, 0.2) is 18.2 Å². The first-order chi connectivity index (χ1) is 13.7. The molecule has 29 heavy (non-hydrogen) atoms. The fraction of sp³-hybridized carbons (Fsp3) is 0.500. The van der Waals surface area contributed by atoms with Crippen molar-refractivity contribution in [2.75, 3.05) is 5.32 Å². The first-order valence-corrected chi connectivity index (χ1v) is 9.85. The summed E-state index contributed by atoms with van der Waals surface area (Å²) in [5, 5.41) is 4.41. The van der Waals surface area contributed by atoms with Crippen LogP contribution in [0.2, 0.25) is 0 Å². The van der Waals surface area contributed by atoms with Gasteiger partial charge >= 0.3 is 0 Å². The minimum atomic E-state index is -1.43. The third kappa shape index (κ3) is 2.60. The minimum absolute atomic E-state index is 0.0307. The second-order valence-electron chi connectivity index (χ2n) is 8.16. The van der Waals surface area contributed by atoms with Gasteiger partial charge in [0.15, 0.2) is 0 Å².